The summed E-state index contributed by atoms with van der Waals surface area (Å²) in [6, 6.07) is 90.6. The molecule has 65 heavy (non-hydrogen) atoms. The first-order valence-electron chi connectivity index (χ1n) is 22.4. The molecule has 0 atom stereocenters. The molecule has 0 saturated carbocycles. The van der Waals surface area contributed by atoms with Gasteiger partial charge in [-0.05, 0) is 97.2 Å². The van der Waals surface area contributed by atoms with Crippen LogP contribution in [0.4, 0.5) is 17.1 Å². The van der Waals surface area contributed by atoms with Crippen molar-refractivity contribution in [2.75, 3.05) is 4.90 Å². The predicted molar refractivity (Wildman–Crippen MR) is 270 cm³/mol. The second-order valence-electron chi connectivity index (χ2n) is 17.2. The van der Waals surface area contributed by atoms with Crippen LogP contribution in [0.3, 0.4) is 0 Å². The van der Waals surface area contributed by atoms with E-state index < -0.39 is 5.41 Å². The number of anilines is 3. The molecule has 11 aromatic carbocycles. The molecule has 1 aliphatic heterocycles. The van der Waals surface area contributed by atoms with E-state index in [0.717, 1.165) is 61.2 Å². The standard InChI is InChI=1S/C63H41NO/c1-3-15-42(16-4-1)44-27-34-49(35-28-44)64(50-36-29-45(30-37-50)43-17-5-2-6-18-43)60-26-14-12-21-51(60)48-33-38-57-55(41-48)54-24-11-13-25-56(54)63(57)58-39-31-46-19-7-9-22-52(46)61(58)65-62-53-23-10-8-20-47(53)32-40-59(62)63/h1-41H. The first kappa shape index (κ1) is 37.1. The summed E-state index contributed by atoms with van der Waals surface area (Å²) in [6.07, 6.45) is 0. The Kier molecular flexibility index (Phi) is 8.47. The van der Waals surface area contributed by atoms with Gasteiger partial charge in [0.25, 0.3) is 0 Å². The highest BCUT2D eigenvalue weighted by atomic mass is 16.5. The molecular formula is C63H41NO. The lowest BCUT2D eigenvalue weighted by atomic mass is 9.65. The normalized spacial score (nSPS) is 12.9. The van der Waals surface area contributed by atoms with Gasteiger partial charge in [-0.1, -0.05) is 212 Å². The number of hydrogen-bond acceptors (Lipinski definition) is 2. The van der Waals surface area contributed by atoms with E-state index in [9.17, 15) is 0 Å². The van der Waals surface area contributed by atoms with Crippen LogP contribution in [0.1, 0.15) is 22.3 Å². The molecule has 1 aliphatic carbocycles. The summed E-state index contributed by atoms with van der Waals surface area (Å²) in [7, 11) is 0. The molecule has 0 fully saturated rings. The zero-order valence-electron chi connectivity index (χ0n) is 35.5. The molecule has 0 saturated heterocycles. The van der Waals surface area contributed by atoms with E-state index in [1.165, 1.54) is 55.6 Å². The van der Waals surface area contributed by atoms with Crippen molar-refractivity contribution in [2.45, 2.75) is 5.41 Å². The fourth-order valence-corrected chi connectivity index (χ4v) is 10.8. The Hall–Kier alpha value is -8.46. The second-order valence-corrected chi connectivity index (χ2v) is 17.2. The third kappa shape index (κ3) is 5.74. The van der Waals surface area contributed by atoms with Crippen molar-refractivity contribution in [3.63, 3.8) is 0 Å². The van der Waals surface area contributed by atoms with E-state index >= 15 is 0 Å². The van der Waals surface area contributed by atoms with E-state index in [0.29, 0.717) is 0 Å². The van der Waals surface area contributed by atoms with Gasteiger partial charge in [-0.2, -0.15) is 0 Å². The SMILES string of the molecule is c1ccc(-c2ccc(N(c3ccc(-c4ccccc4)cc3)c3ccccc3-c3ccc4c(c3)-c3ccccc3C43c4ccc5ccccc5c4Oc4c3ccc3ccccc43)cc2)cc1. The summed E-state index contributed by atoms with van der Waals surface area (Å²) in [5.41, 5.74) is 17.1. The number of ether oxygens (including phenoxy) is 1. The van der Waals surface area contributed by atoms with Crippen molar-refractivity contribution in [2.24, 2.45) is 0 Å². The van der Waals surface area contributed by atoms with Crippen LogP contribution in [0.2, 0.25) is 0 Å². The summed E-state index contributed by atoms with van der Waals surface area (Å²) >= 11 is 0. The summed E-state index contributed by atoms with van der Waals surface area (Å²) in [4.78, 5) is 2.41. The Morgan fingerprint density at radius 2 is 0.723 bits per heavy atom. The van der Waals surface area contributed by atoms with Crippen LogP contribution in [-0.2, 0) is 5.41 Å². The number of benzene rings is 11. The zero-order valence-corrected chi connectivity index (χ0v) is 35.5. The number of rotatable bonds is 6. The molecule has 0 N–H and O–H groups in total. The van der Waals surface area contributed by atoms with E-state index in [4.69, 9.17) is 4.74 Å². The quantitative estimate of drug-likeness (QED) is 0.166. The topological polar surface area (TPSA) is 12.5 Å². The molecule has 1 spiro atoms. The van der Waals surface area contributed by atoms with Crippen LogP contribution < -0.4 is 9.64 Å². The summed E-state index contributed by atoms with van der Waals surface area (Å²) in [5, 5.41) is 4.57. The molecule has 304 valence electrons. The summed E-state index contributed by atoms with van der Waals surface area (Å²) in [6.45, 7) is 0. The zero-order chi connectivity index (χ0) is 42.9. The van der Waals surface area contributed by atoms with Gasteiger partial charge in [-0.3, -0.25) is 0 Å². The van der Waals surface area contributed by atoms with Crippen molar-refractivity contribution < 1.29 is 4.74 Å². The smallest absolute Gasteiger partial charge is 0.140 e. The predicted octanol–water partition coefficient (Wildman–Crippen LogP) is 16.9. The molecule has 1 heterocycles. The Morgan fingerprint density at radius 3 is 1.31 bits per heavy atom. The van der Waals surface area contributed by atoms with Gasteiger partial charge in [-0.15, -0.1) is 0 Å². The van der Waals surface area contributed by atoms with Crippen LogP contribution >= 0.6 is 0 Å². The van der Waals surface area contributed by atoms with Crippen molar-refractivity contribution in [3.8, 4) is 56.0 Å². The first-order chi connectivity index (χ1) is 32.2. The number of nitrogens with zero attached hydrogens (tertiary/aromatic N) is 1. The molecule has 2 heteroatoms. The van der Waals surface area contributed by atoms with Gasteiger partial charge in [0.15, 0.2) is 0 Å². The van der Waals surface area contributed by atoms with Crippen LogP contribution in [0.25, 0.3) is 66.1 Å². The summed E-state index contributed by atoms with van der Waals surface area (Å²) in [5.74, 6) is 1.85. The molecule has 0 unspecified atom stereocenters. The lowest BCUT2D eigenvalue weighted by Gasteiger charge is -2.40. The molecule has 0 amide bonds. The maximum Gasteiger partial charge on any atom is 0.140 e. The number of hydrogen-bond donors (Lipinski definition) is 0. The fourth-order valence-electron chi connectivity index (χ4n) is 10.8. The lowest BCUT2D eigenvalue weighted by molar-refractivity contribution is 0.447. The number of para-hydroxylation sites is 1. The Morgan fingerprint density at radius 1 is 0.292 bits per heavy atom. The monoisotopic (exact) mass is 827 g/mol. The van der Waals surface area contributed by atoms with Crippen molar-refractivity contribution in [3.05, 3.63) is 271 Å². The molecule has 2 nitrogen and oxygen atoms in total. The van der Waals surface area contributed by atoms with Gasteiger partial charge in [0.05, 0.1) is 11.1 Å². The van der Waals surface area contributed by atoms with Crippen LogP contribution in [0.5, 0.6) is 11.5 Å². The highest BCUT2D eigenvalue weighted by Gasteiger charge is 2.51. The van der Waals surface area contributed by atoms with Gasteiger partial charge in [0.2, 0.25) is 0 Å². The van der Waals surface area contributed by atoms with Crippen molar-refractivity contribution >= 4 is 38.6 Å². The largest absolute Gasteiger partial charge is 0.455 e. The maximum atomic E-state index is 7.20. The minimum Gasteiger partial charge on any atom is -0.455 e. The minimum absolute atomic E-state index is 0.603. The van der Waals surface area contributed by atoms with Crippen molar-refractivity contribution in [1.29, 1.82) is 0 Å². The molecule has 0 radical (unpaired) electrons. The molecular weight excluding hydrogens is 787 g/mol. The third-order valence-corrected chi connectivity index (χ3v) is 13.7. The van der Waals surface area contributed by atoms with E-state index in [1.54, 1.807) is 0 Å². The van der Waals surface area contributed by atoms with Gasteiger partial charge >= 0.3 is 0 Å². The number of fused-ring (bicyclic) bond motifs is 13. The van der Waals surface area contributed by atoms with Gasteiger partial charge in [0, 0.05) is 38.8 Å². The molecule has 11 aromatic rings. The second kappa shape index (κ2) is 14.8. The van der Waals surface area contributed by atoms with Gasteiger partial charge in [0.1, 0.15) is 11.5 Å². The third-order valence-electron chi connectivity index (χ3n) is 13.7. The molecule has 13 rings (SSSR count). The van der Waals surface area contributed by atoms with Crippen molar-refractivity contribution in [1.82, 2.24) is 0 Å². The average molecular weight is 828 g/mol. The Bertz CT molecular complexity index is 3440. The Balaban J connectivity index is 1.01. The molecule has 0 bridgehead atoms. The molecule has 0 aromatic heterocycles. The maximum absolute atomic E-state index is 7.20. The van der Waals surface area contributed by atoms with Crippen LogP contribution in [-0.4, -0.2) is 0 Å². The highest BCUT2D eigenvalue weighted by Crippen LogP contribution is 2.64. The van der Waals surface area contributed by atoms with Crippen LogP contribution in [0, 0.1) is 0 Å². The summed E-state index contributed by atoms with van der Waals surface area (Å²) < 4.78 is 7.20. The van der Waals surface area contributed by atoms with E-state index in [1.807, 2.05) is 0 Å². The van der Waals surface area contributed by atoms with Gasteiger partial charge in [-0.25, -0.2) is 0 Å². The highest BCUT2D eigenvalue weighted by molar-refractivity contribution is 6.01. The first-order valence-corrected chi connectivity index (χ1v) is 22.4. The van der Waals surface area contributed by atoms with E-state index in [-0.39, 0.29) is 0 Å². The van der Waals surface area contributed by atoms with Gasteiger partial charge < -0.3 is 9.64 Å². The average Bonchev–Trinajstić information content (AvgIpc) is 3.67. The molecule has 2 aliphatic rings. The Labute approximate surface area is 378 Å². The lowest BCUT2D eigenvalue weighted by Crippen LogP contribution is -2.32. The fraction of sp³-hybridized carbons (Fsp3) is 0.0159. The van der Waals surface area contributed by atoms with Crippen LogP contribution in [0.15, 0.2) is 249 Å². The van der Waals surface area contributed by atoms with E-state index in [2.05, 4.69) is 254 Å². The minimum atomic E-state index is -0.603.